The molecular weight excluding hydrogens is 260 g/mol. The Morgan fingerprint density at radius 1 is 0.895 bits per heavy atom. The minimum Gasteiger partial charge on any atom is -0.379 e. The number of aryl methyl sites for hydroxylation is 2. The Bertz CT molecular complexity index is 691. The van der Waals surface area contributed by atoms with Gasteiger partial charge in [0.05, 0.1) is 0 Å². The summed E-state index contributed by atoms with van der Waals surface area (Å²) >= 11 is 0. The van der Waals surface area contributed by atoms with Gasteiger partial charge in [0.15, 0.2) is 0 Å². The van der Waals surface area contributed by atoms with Crippen LogP contribution in [-0.2, 0) is 23.0 Å². The normalized spacial score (nSPS) is 14.1. The molecule has 98 valence electrons. The average molecular weight is 274 g/mol. The van der Waals surface area contributed by atoms with E-state index in [0.717, 1.165) is 19.3 Å². The van der Waals surface area contributed by atoms with Gasteiger partial charge in [-0.1, -0.05) is 24.3 Å². The van der Waals surface area contributed by atoms with Gasteiger partial charge in [0, 0.05) is 0 Å². The van der Waals surface area contributed by atoms with Crippen molar-refractivity contribution >= 4 is 10.1 Å². The second-order valence-electron chi connectivity index (χ2n) is 4.63. The van der Waals surface area contributed by atoms with Crippen LogP contribution in [0.4, 0.5) is 0 Å². The molecule has 3 nitrogen and oxygen atoms in total. The van der Waals surface area contributed by atoms with Crippen LogP contribution in [0.15, 0.2) is 53.4 Å². The summed E-state index contributed by atoms with van der Waals surface area (Å²) in [5, 5.41) is 0. The summed E-state index contributed by atoms with van der Waals surface area (Å²) in [5.74, 6) is 0.393. The molecule has 1 aliphatic carbocycles. The van der Waals surface area contributed by atoms with Gasteiger partial charge in [-0.25, -0.2) is 0 Å². The average Bonchev–Trinajstić information content (AvgIpc) is 2.87. The largest absolute Gasteiger partial charge is 0.379 e. The highest BCUT2D eigenvalue weighted by Crippen LogP contribution is 2.27. The minimum absolute atomic E-state index is 0.176. The predicted molar refractivity (Wildman–Crippen MR) is 72.7 cm³/mol. The lowest BCUT2D eigenvalue weighted by molar-refractivity contribution is 0.486. The van der Waals surface area contributed by atoms with Crippen molar-refractivity contribution < 1.29 is 12.6 Å². The monoisotopic (exact) mass is 274 g/mol. The summed E-state index contributed by atoms with van der Waals surface area (Å²) in [7, 11) is -3.73. The molecule has 19 heavy (non-hydrogen) atoms. The highest BCUT2D eigenvalue weighted by Gasteiger charge is 2.18. The third kappa shape index (κ3) is 2.49. The summed E-state index contributed by atoms with van der Waals surface area (Å²) in [6.45, 7) is 0. The van der Waals surface area contributed by atoms with E-state index in [9.17, 15) is 8.42 Å². The summed E-state index contributed by atoms with van der Waals surface area (Å²) in [6.07, 6.45) is 3.20. The standard InChI is InChI=1S/C15H14O3S/c16-19(17,15-7-2-1-3-8-15)18-14-10-9-12-5-4-6-13(12)11-14/h1-3,7-11H,4-6H2. The molecular formula is C15H14O3S. The number of rotatable bonds is 3. The first-order chi connectivity index (χ1) is 9.15. The Kier molecular flexibility index (Phi) is 3.03. The van der Waals surface area contributed by atoms with E-state index >= 15 is 0 Å². The Balaban J connectivity index is 1.89. The van der Waals surface area contributed by atoms with Gasteiger partial charge < -0.3 is 4.18 Å². The van der Waals surface area contributed by atoms with E-state index in [0.29, 0.717) is 5.75 Å². The third-order valence-electron chi connectivity index (χ3n) is 3.31. The van der Waals surface area contributed by atoms with Crippen LogP contribution in [0.3, 0.4) is 0 Å². The quantitative estimate of drug-likeness (QED) is 0.808. The molecule has 0 aromatic heterocycles. The molecule has 4 heteroatoms. The fourth-order valence-corrected chi connectivity index (χ4v) is 3.31. The molecule has 0 unspecified atom stereocenters. The van der Waals surface area contributed by atoms with Crippen LogP contribution in [0, 0.1) is 0 Å². The van der Waals surface area contributed by atoms with E-state index in [1.807, 2.05) is 12.1 Å². The van der Waals surface area contributed by atoms with Gasteiger partial charge in [0.25, 0.3) is 0 Å². The lowest BCUT2D eigenvalue weighted by Gasteiger charge is -2.08. The number of hydrogen-bond donors (Lipinski definition) is 0. The molecule has 2 aromatic carbocycles. The van der Waals surface area contributed by atoms with Crippen molar-refractivity contribution in [3.63, 3.8) is 0 Å². The molecule has 0 N–H and O–H groups in total. The molecule has 0 radical (unpaired) electrons. The van der Waals surface area contributed by atoms with Gasteiger partial charge in [-0.15, -0.1) is 0 Å². The zero-order chi connectivity index (χ0) is 13.3. The van der Waals surface area contributed by atoms with E-state index in [2.05, 4.69) is 0 Å². The smallest absolute Gasteiger partial charge is 0.339 e. The molecule has 1 aliphatic rings. The van der Waals surface area contributed by atoms with Crippen LogP contribution in [0.25, 0.3) is 0 Å². The van der Waals surface area contributed by atoms with Crippen molar-refractivity contribution in [2.24, 2.45) is 0 Å². The topological polar surface area (TPSA) is 43.4 Å². The van der Waals surface area contributed by atoms with Gasteiger partial charge in [-0.05, 0) is 54.7 Å². The van der Waals surface area contributed by atoms with Gasteiger partial charge in [0.1, 0.15) is 10.6 Å². The summed E-state index contributed by atoms with van der Waals surface area (Å²) < 4.78 is 29.3. The van der Waals surface area contributed by atoms with E-state index in [-0.39, 0.29) is 4.90 Å². The zero-order valence-corrected chi connectivity index (χ0v) is 11.2. The molecule has 0 saturated heterocycles. The fourth-order valence-electron chi connectivity index (χ4n) is 2.36. The van der Waals surface area contributed by atoms with Crippen molar-refractivity contribution in [3.8, 4) is 5.75 Å². The molecule has 0 bridgehead atoms. The van der Waals surface area contributed by atoms with Crippen molar-refractivity contribution in [1.29, 1.82) is 0 Å². The van der Waals surface area contributed by atoms with E-state index < -0.39 is 10.1 Å². The molecule has 0 atom stereocenters. The number of benzene rings is 2. The summed E-state index contributed by atoms with van der Waals surface area (Å²) in [4.78, 5) is 0.176. The van der Waals surface area contributed by atoms with Crippen LogP contribution in [-0.4, -0.2) is 8.42 Å². The second kappa shape index (κ2) is 4.70. The Morgan fingerprint density at radius 3 is 2.42 bits per heavy atom. The Labute approximate surface area is 113 Å². The van der Waals surface area contributed by atoms with Crippen LogP contribution in [0.2, 0.25) is 0 Å². The Hall–Kier alpha value is -1.81. The third-order valence-corrected chi connectivity index (χ3v) is 4.57. The maximum absolute atomic E-state index is 12.1. The van der Waals surface area contributed by atoms with Crippen molar-refractivity contribution in [2.45, 2.75) is 24.2 Å². The maximum atomic E-state index is 12.1. The first-order valence-corrected chi connectivity index (χ1v) is 7.67. The molecule has 0 fully saturated rings. The van der Waals surface area contributed by atoms with E-state index in [1.54, 1.807) is 24.3 Å². The number of fused-ring (bicyclic) bond motifs is 1. The lowest BCUT2D eigenvalue weighted by atomic mass is 10.1. The first-order valence-electron chi connectivity index (χ1n) is 6.26. The number of hydrogen-bond acceptors (Lipinski definition) is 3. The van der Waals surface area contributed by atoms with Gasteiger partial charge >= 0.3 is 10.1 Å². The highest BCUT2D eigenvalue weighted by atomic mass is 32.2. The fraction of sp³-hybridized carbons (Fsp3) is 0.200. The van der Waals surface area contributed by atoms with Crippen LogP contribution in [0.1, 0.15) is 17.5 Å². The van der Waals surface area contributed by atoms with Gasteiger partial charge in [-0.2, -0.15) is 8.42 Å². The van der Waals surface area contributed by atoms with Crippen molar-refractivity contribution in [3.05, 3.63) is 59.7 Å². The minimum atomic E-state index is -3.73. The van der Waals surface area contributed by atoms with Crippen LogP contribution in [0.5, 0.6) is 5.75 Å². The predicted octanol–water partition coefficient (Wildman–Crippen LogP) is 2.94. The first kappa shape index (κ1) is 12.2. The molecule has 0 amide bonds. The Morgan fingerprint density at radius 2 is 1.63 bits per heavy atom. The second-order valence-corrected chi connectivity index (χ2v) is 6.18. The van der Waals surface area contributed by atoms with E-state index in [4.69, 9.17) is 4.18 Å². The van der Waals surface area contributed by atoms with E-state index in [1.165, 1.54) is 23.3 Å². The molecule has 0 heterocycles. The molecule has 3 rings (SSSR count). The van der Waals surface area contributed by atoms with Crippen molar-refractivity contribution in [2.75, 3.05) is 0 Å². The highest BCUT2D eigenvalue weighted by molar-refractivity contribution is 7.87. The maximum Gasteiger partial charge on any atom is 0.339 e. The lowest BCUT2D eigenvalue weighted by Crippen LogP contribution is -2.09. The van der Waals surface area contributed by atoms with Gasteiger partial charge in [-0.3, -0.25) is 0 Å². The van der Waals surface area contributed by atoms with Crippen LogP contribution >= 0.6 is 0 Å². The molecule has 2 aromatic rings. The van der Waals surface area contributed by atoms with Gasteiger partial charge in [0.2, 0.25) is 0 Å². The van der Waals surface area contributed by atoms with Crippen molar-refractivity contribution in [1.82, 2.24) is 0 Å². The summed E-state index contributed by atoms with van der Waals surface area (Å²) in [6, 6.07) is 13.7. The summed E-state index contributed by atoms with van der Waals surface area (Å²) in [5.41, 5.74) is 2.49. The molecule has 0 saturated carbocycles. The molecule has 0 spiro atoms. The SMILES string of the molecule is O=S(=O)(Oc1ccc2c(c1)CCC2)c1ccccc1. The molecule has 0 aliphatic heterocycles. The zero-order valence-electron chi connectivity index (χ0n) is 10.4. The van der Waals surface area contributed by atoms with Crippen LogP contribution < -0.4 is 4.18 Å².